The van der Waals surface area contributed by atoms with Gasteiger partial charge < -0.3 is 4.57 Å². The van der Waals surface area contributed by atoms with Crippen LogP contribution in [0.25, 0.3) is 11.4 Å². The first-order chi connectivity index (χ1) is 11.0. The number of sulfonamides is 1. The first kappa shape index (κ1) is 15.7. The molecular weight excluding hydrogens is 380 g/mol. The summed E-state index contributed by atoms with van der Waals surface area (Å²) in [6.45, 7) is 0. The van der Waals surface area contributed by atoms with Crippen LogP contribution in [0.2, 0.25) is 0 Å². The van der Waals surface area contributed by atoms with Crippen LogP contribution in [0.4, 0.5) is 5.69 Å². The Morgan fingerprint density at radius 1 is 1.09 bits per heavy atom. The van der Waals surface area contributed by atoms with E-state index in [2.05, 4.69) is 30.8 Å². The monoisotopic (exact) mass is 392 g/mol. The van der Waals surface area contributed by atoms with Crippen molar-refractivity contribution < 1.29 is 8.42 Å². The highest BCUT2D eigenvalue weighted by Gasteiger charge is 2.20. The molecule has 0 spiro atoms. The van der Waals surface area contributed by atoms with Crippen LogP contribution in [0.5, 0.6) is 0 Å². The van der Waals surface area contributed by atoms with Gasteiger partial charge in [-0.05, 0) is 40.2 Å². The second-order valence-electron chi connectivity index (χ2n) is 4.85. The number of aromatic nitrogens is 3. The highest BCUT2D eigenvalue weighted by molar-refractivity contribution is 9.10. The van der Waals surface area contributed by atoms with E-state index in [1.54, 1.807) is 54.3 Å². The Hall–Kier alpha value is -2.19. The van der Waals surface area contributed by atoms with Crippen LogP contribution < -0.4 is 4.72 Å². The van der Waals surface area contributed by atoms with Gasteiger partial charge in [-0.3, -0.25) is 4.72 Å². The van der Waals surface area contributed by atoms with Crippen LogP contribution in [0, 0.1) is 0 Å². The highest BCUT2D eigenvalue weighted by Crippen LogP contribution is 2.29. The molecule has 0 unspecified atom stereocenters. The minimum Gasteiger partial charge on any atom is -0.317 e. The van der Waals surface area contributed by atoms with Crippen LogP contribution in [0.1, 0.15) is 0 Å². The number of anilines is 1. The molecule has 1 heterocycles. The molecule has 0 amide bonds. The van der Waals surface area contributed by atoms with E-state index in [1.165, 1.54) is 6.07 Å². The van der Waals surface area contributed by atoms with E-state index in [4.69, 9.17) is 0 Å². The predicted molar refractivity (Wildman–Crippen MR) is 91.4 cm³/mol. The largest absolute Gasteiger partial charge is 0.317 e. The van der Waals surface area contributed by atoms with E-state index in [9.17, 15) is 8.42 Å². The van der Waals surface area contributed by atoms with Gasteiger partial charge in [0.15, 0.2) is 5.82 Å². The van der Waals surface area contributed by atoms with Crippen molar-refractivity contribution in [3.8, 4) is 11.4 Å². The lowest BCUT2D eigenvalue weighted by molar-refractivity contribution is 0.601. The summed E-state index contributed by atoms with van der Waals surface area (Å²) in [5, 5.41) is 7.87. The van der Waals surface area contributed by atoms with E-state index in [0.717, 1.165) is 0 Å². The molecule has 0 fully saturated rings. The molecule has 0 atom stereocenters. The van der Waals surface area contributed by atoms with E-state index in [0.29, 0.717) is 21.5 Å². The Labute approximate surface area is 142 Å². The van der Waals surface area contributed by atoms with Gasteiger partial charge in [0.1, 0.15) is 11.2 Å². The van der Waals surface area contributed by atoms with Crippen molar-refractivity contribution in [3.63, 3.8) is 0 Å². The molecular formula is C15H13BrN4O2S. The zero-order chi connectivity index (χ0) is 16.4. The maximum Gasteiger partial charge on any atom is 0.263 e. The zero-order valence-electron chi connectivity index (χ0n) is 12.1. The number of benzene rings is 2. The number of hydrogen-bond acceptors (Lipinski definition) is 4. The van der Waals surface area contributed by atoms with Gasteiger partial charge in [0.05, 0.1) is 5.69 Å². The molecule has 23 heavy (non-hydrogen) atoms. The maximum absolute atomic E-state index is 12.6. The third-order valence-electron chi connectivity index (χ3n) is 3.25. The first-order valence-corrected chi connectivity index (χ1v) is 8.97. The molecule has 0 saturated heterocycles. The summed E-state index contributed by atoms with van der Waals surface area (Å²) in [7, 11) is -1.92. The van der Waals surface area contributed by atoms with Gasteiger partial charge in [-0.1, -0.05) is 24.3 Å². The fourth-order valence-electron chi connectivity index (χ4n) is 2.16. The third kappa shape index (κ3) is 3.13. The van der Waals surface area contributed by atoms with Crippen molar-refractivity contribution in [2.24, 2.45) is 7.05 Å². The molecule has 0 aliphatic carbocycles. The van der Waals surface area contributed by atoms with Gasteiger partial charge >= 0.3 is 0 Å². The van der Waals surface area contributed by atoms with Crippen molar-refractivity contribution in [3.05, 3.63) is 59.3 Å². The fourth-order valence-corrected chi connectivity index (χ4v) is 4.24. The van der Waals surface area contributed by atoms with Crippen molar-refractivity contribution in [1.82, 2.24) is 14.8 Å². The lowest BCUT2D eigenvalue weighted by Gasteiger charge is -2.13. The summed E-state index contributed by atoms with van der Waals surface area (Å²) in [4.78, 5) is 0.174. The zero-order valence-corrected chi connectivity index (χ0v) is 14.5. The Kier molecular flexibility index (Phi) is 4.18. The molecule has 3 aromatic rings. The summed E-state index contributed by atoms with van der Waals surface area (Å²) in [6, 6.07) is 13.7. The summed E-state index contributed by atoms with van der Waals surface area (Å²) in [6.07, 6.45) is 1.56. The smallest absolute Gasteiger partial charge is 0.263 e. The minimum absolute atomic E-state index is 0.174. The van der Waals surface area contributed by atoms with Crippen LogP contribution in [-0.2, 0) is 17.1 Å². The number of aryl methyl sites for hydroxylation is 1. The molecule has 1 N–H and O–H groups in total. The highest BCUT2D eigenvalue weighted by atomic mass is 79.9. The Morgan fingerprint density at radius 2 is 1.78 bits per heavy atom. The topological polar surface area (TPSA) is 76.9 Å². The van der Waals surface area contributed by atoms with E-state index in [1.807, 2.05) is 6.07 Å². The van der Waals surface area contributed by atoms with Gasteiger partial charge in [0, 0.05) is 17.1 Å². The van der Waals surface area contributed by atoms with Gasteiger partial charge in [-0.15, -0.1) is 10.2 Å². The number of hydrogen-bond donors (Lipinski definition) is 1. The number of nitrogens with one attached hydrogen (secondary N) is 1. The average molecular weight is 393 g/mol. The number of nitrogens with zero attached hydrogens (tertiary/aromatic N) is 3. The molecule has 0 saturated carbocycles. The number of rotatable bonds is 4. The van der Waals surface area contributed by atoms with Crippen molar-refractivity contribution in [1.29, 1.82) is 0 Å². The van der Waals surface area contributed by atoms with Crippen LogP contribution in [0.15, 0.2) is 64.2 Å². The summed E-state index contributed by atoms with van der Waals surface area (Å²) in [5.74, 6) is 0.579. The van der Waals surface area contributed by atoms with E-state index >= 15 is 0 Å². The number of para-hydroxylation sites is 1. The van der Waals surface area contributed by atoms with Crippen LogP contribution in [-0.4, -0.2) is 23.2 Å². The fraction of sp³-hybridized carbons (Fsp3) is 0.0667. The van der Waals surface area contributed by atoms with E-state index in [-0.39, 0.29) is 4.90 Å². The maximum atomic E-state index is 12.6. The van der Waals surface area contributed by atoms with Gasteiger partial charge in [-0.2, -0.15) is 0 Å². The lowest BCUT2D eigenvalue weighted by atomic mass is 10.2. The van der Waals surface area contributed by atoms with Gasteiger partial charge in [-0.25, -0.2) is 8.42 Å². The summed E-state index contributed by atoms with van der Waals surface area (Å²) < 4.78 is 30.1. The van der Waals surface area contributed by atoms with Crippen molar-refractivity contribution in [2.45, 2.75) is 4.90 Å². The van der Waals surface area contributed by atoms with Crippen molar-refractivity contribution in [2.75, 3.05) is 4.72 Å². The third-order valence-corrected chi connectivity index (χ3v) is 5.63. The number of halogens is 1. The molecule has 1 aromatic heterocycles. The van der Waals surface area contributed by atoms with Crippen LogP contribution >= 0.6 is 15.9 Å². The molecule has 0 aliphatic rings. The molecule has 3 rings (SSSR count). The molecule has 8 heteroatoms. The Bertz CT molecular complexity index is 953. The molecule has 0 aliphatic heterocycles. The normalized spacial score (nSPS) is 11.4. The second kappa shape index (κ2) is 6.13. The molecule has 6 nitrogen and oxygen atoms in total. The lowest BCUT2D eigenvalue weighted by Crippen LogP contribution is -2.14. The molecule has 118 valence electrons. The molecule has 0 radical (unpaired) electrons. The van der Waals surface area contributed by atoms with E-state index < -0.39 is 10.0 Å². The summed E-state index contributed by atoms with van der Waals surface area (Å²) in [5.41, 5.74) is 1.10. The van der Waals surface area contributed by atoms with Gasteiger partial charge in [0.2, 0.25) is 0 Å². The molecule has 0 bridgehead atoms. The van der Waals surface area contributed by atoms with Crippen LogP contribution in [0.3, 0.4) is 0 Å². The predicted octanol–water partition coefficient (Wildman–Crippen LogP) is 3.05. The standard InChI is InChI=1S/C15H13BrN4O2S/c1-20-10-17-18-15(20)11-6-2-4-8-13(11)19-23(21,22)14-9-5-3-7-12(14)16/h2-10,19H,1H3. The Morgan fingerprint density at radius 3 is 2.48 bits per heavy atom. The first-order valence-electron chi connectivity index (χ1n) is 6.70. The summed E-state index contributed by atoms with van der Waals surface area (Å²) >= 11 is 3.27. The average Bonchev–Trinajstić information content (AvgIpc) is 2.94. The van der Waals surface area contributed by atoms with Crippen molar-refractivity contribution >= 4 is 31.6 Å². The van der Waals surface area contributed by atoms with Gasteiger partial charge in [0.25, 0.3) is 10.0 Å². The quantitative estimate of drug-likeness (QED) is 0.739. The SMILES string of the molecule is Cn1cnnc1-c1ccccc1NS(=O)(=O)c1ccccc1Br. The minimum atomic E-state index is -3.72. The second-order valence-corrected chi connectivity index (χ2v) is 7.35. The molecule has 2 aromatic carbocycles. The Balaban J connectivity index is 2.05.